The van der Waals surface area contributed by atoms with Crippen molar-refractivity contribution in [2.75, 3.05) is 26.1 Å². The number of ether oxygens (including phenoxy) is 4. The van der Waals surface area contributed by atoms with Gasteiger partial charge in [-0.3, -0.25) is 0 Å². The molecule has 1 fully saturated rings. The molecule has 6 nitrogen and oxygen atoms in total. The fourth-order valence-corrected chi connectivity index (χ4v) is 4.33. The Hall–Kier alpha value is -2.74. The van der Waals surface area contributed by atoms with Crippen molar-refractivity contribution in [1.82, 2.24) is 0 Å². The van der Waals surface area contributed by atoms with E-state index in [9.17, 15) is 9.18 Å². The number of carbonyl (C=O) groups excluding carboxylic acids is 1. The minimum absolute atomic E-state index is 0.0966. The van der Waals surface area contributed by atoms with E-state index >= 15 is 0 Å². The quantitative estimate of drug-likeness (QED) is 0.509. The molecule has 0 bridgehead atoms. The van der Waals surface area contributed by atoms with Crippen LogP contribution in [0.4, 0.5) is 10.1 Å². The van der Waals surface area contributed by atoms with Gasteiger partial charge in [-0.15, -0.1) is 0 Å². The predicted octanol–water partition coefficient (Wildman–Crippen LogP) is 4.89. The Morgan fingerprint density at radius 2 is 2.09 bits per heavy atom. The summed E-state index contributed by atoms with van der Waals surface area (Å²) in [5.74, 6) is -1.00. The first-order valence-corrected chi connectivity index (χ1v) is 10.8. The third-order valence-electron chi connectivity index (χ3n) is 6.07. The summed E-state index contributed by atoms with van der Waals surface area (Å²) in [7, 11) is 3.06. The zero-order valence-electron chi connectivity index (χ0n) is 18.5. The molecule has 0 amide bonds. The van der Waals surface area contributed by atoms with Crippen LogP contribution >= 0.6 is 0 Å². The zero-order chi connectivity index (χ0) is 22.7. The standard InChI is InChI=1S/C25H28FNO5/c1-4-20-8-6-16-12-17(7-9-22(16)27-20)23(28)32-21-14-18(13-19(26)15-21)25(30-3)10-5-11-31-24(25)29-2/h6-9,12-15,20,24,27H,4-5,10-11H2,1-3H3. The third kappa shape index (κ3) is 4.28. The minimum Gasteiger partial charge on any atom is -0.423 e. The number of rotatable bonds is 6. The van der Waals surface area contributed by atoms with Crippen LogP contribution < -0.4 is 10.1 Å². The lowest BCUT2D eigenvalue weighted by Crippen LogP contribution is -2.47. The maximum Gasteiger partial charge on any atom is 0.343 e. The molecule has 0 spiro atoms. The van der Waals surface area contributed by atoms with Gasteiger partial charge in [-0.25, -0.2) is 9.18 Å². The van der Waals surface area contributed by atoms with Crippen molar-refractivity contribution in [2.24, 2.45) is 0 Å². The molecule has 0 saturated carbocycles. The van der Waals surface area contributed by atoms with Gasteiger partial charge in [0.2, 0.25) is 0 Å². The lowest BCUT2D eigenvalue weighted by Gasteiger charge is -2.42. The largest absolute Gasteiger partial charge is 0.423 e. The van der Waals surface area contributed by atoms with Crippen molar-refractivity contribution in [1.29, 1.82) is 0 Å². The van der Waals surface area contributed by atoms with Gasteiger partial charge in [-0.1, -0.05) is 19.1 Å². The van der Waals surface area contributed by atoms with Gasteiger partial charge < -0.3 is 24.3 Å². The minimum atomic E-state index is -0.992. The molecule has 2 heterocycles. The van der Waals surface area contributed by atoms with E-state index < -0.39 is 23.7 Å². The van der Waals surface area contributed by atoms with Gasteiger partial charge in [0.25, 0.3) is 0 Å². The van der Waals surface area contributed by atoms with Crippen LogP contribution in [0.15, 0.2) is 42.5 Å². The van der Waals surface area contributed by atoms with Crippen LogP contribution in [-0.4, -0.2) is 39.1 Å². The highest BCUT2D eigenvalue weighted by Crippen LogP contribution is 2.40. The molecule has 2 aromatic carbocycles. The maximum absolute atomic E-state index is 14.5. The Kier molecular flexibility index (Phi) is 6.60. The summed E-state index contributed by atoms with van der Waals surface area (Å²) in [6.07, 6.45) is 5.65. The van der Waals surface area contributed by atoms with E-state index in [1.807, 2.05) is 12.1 Å². The molecule has 2 aliphatic heterocycles. The summed E-state index contributed by atoms with van der Waals surface area (Å²) < 4.78 is 37.0. The number of fused-ring (bicyclic) bond motifs is 1. The van der Waals surface area contributed by atoms with Crippen LogP contribution in [0, 0.1) is 5.82 Å². The molecule has 32 heavy (non-hydrogen) atoms. The number of hydrogen-bond donors (Lipinski definition) is 1. The van der Waals surface area contributed by atoms with Gasteiger partial charge in [0, 0.05) is 32.0 Å². The van der Waals surface area contributed by atoms with Crippen molar-refractivity contribution in [3.05, 3.63) is 65.0 Å². The molecule has 7 heteroatoms. The first-order chi connectivity index (χ1) is 15.5. The summed E-state index contributed by atoms with van der Waals surface area (Å²) in [4.78, 5) is 12.8. The normalized spacial score (nSPS) is 24.5. The second-order valence-electron chi connectivity index (χ2n) is 8.02. The van der Waals surface area contributed by atoms with E-state index in [0.717, 1.165) is 24.1 Å². The van der Waals surface area contributed by atoms with Crippen LogP contribution in [0.25, 0.3) is 6.08 Å². The highest BCUT2D eigenvalue weighted by Gasteiger charge is 2.45. The monoisotopic (exact) mass is 441 g/mol. The third-order valence-corrected chi connectivity index (χ3v) is 6.07. The molecule has 3 unspecified atom stereocenters. The van der Waals surface area contributed by atoms with Crippen molar-refractivity contribution >= 4 is 17.7 Å². The number of esters is 1. The first kappa shape index (κ1) is 22.5. The number of halogens is 1. The van der Waals surface area contributed by atoms with E-state index in [4.69, 9.17) is 18.9 Å². The smallest absolute Gasteiger partial charge is 0.343 e. The second kappa shape index (κ2) is 9.40. The van der Waals surface area contributed by atoms with Crippen LogP contribution in [0.5, 0.6) is 5.75 Å². The van der Waals surface area contributed by atoms with Crippen LogP contribution in [0.3, 0.4) is 0 Å². The lowest BCUT2D eigenvalue weighted by molar-refractivity contribution is -0.266. The molecule has 170 valence electrons. The zero-order valence-corrected chi connectivity index (χ0v) is 18.5. The highest BCUT2D eigenvalue weighted by atomic mass is 19.1. The topological polar surface area (TPSA) is 66.0 Å². The molecule has 3 atom stereocenters. The Labute approximate surface area is 187 Å². The van der Waals surface area contributed by atoms with E-state index in [1.54, 1.807) is 18.2 Å². The van der Waals surface area contributed by atoms with Gasteiger partial charge in [-0.2, -0.15) is 0 Å². The Balaban J connectivity index is 1.59. The summed E-state index contributed by atoms with van der Waals surface area (Å²) in [6.45, 7) is 2.63. The van der Waals surface area contributed by atoms with Gasteiger partial charge in [0.15, 0.2) is 6.29 Å². The van der Waals surface area contributed by atoms with E-state index in [0.29, 0.717) is 24.2 Å². The average molecular weight is 441 g/mol. The van der Waals surface area contributed by atoms with Crippen molar-refractivity contribution < 1.29 is 28.1 Å². The molecule has 2 aromatic rings. The fraction of sp³-hybridized carbons (Fsp3) is 0.400. The molecule has 2 aliphatic rings. The number of benzene rings is 2. The Bertz CT molecular complexity index is 1020. The summed E-state index contributed by atoms with van der Waals surface area (Å²) in [6, 6.07) is 9.75. The van der Waals surface area contributed by atoms with Gasteiger partial charge >= 0.3 is 5.97 Å². The summed E-state index contributed by atoms with van der Waals surface area (Å²) >= 11 is 0. The van der Waals surface area contributed by atoms with Crippen LogP contribution in [0.2, 0.25) is 0 Å². The predicted molar refractivity (Wildman–Crippen MR) is 119 cm³/mol. The van der Waals surface area contributed by atoms with Crippen molar-refractivity contribution in [3.63, 3.8) is 0 Å². The molecule has 0 aliphatic carbocycles. The van der Waals surface area contributed by atoms with E-state index in [-0.39, 0.29) is 11.8 Å². The van der Waals surface area contributed by atoms with Gasteiger partial charge in [-0.05, 0) is 60.7 Å². The SMILES string of the molecule is CCC1C=Cc2cc(C(=O)Oc3cc(F)cc(C4(OC)CCCOC4OC)c3)ccc2N1. The number of methoxy groups -OCH3 is 2. The fourth-order valence-electron chi connectivity index (χ4n) is 4.33. The van der Waals surface area contributed by atoms with Gasteiger partial charge in [0.05, 0.1) is 12.2 Å². The van der Waals surface area contributed by atoms with Gasteiger partial charge in [0.1, 0.15) is 17.2 Å². The lowest BCUT2D eigenvalue weighted by atomic mass is 9.86. The molecule has 0 aromatic heterocycles. The molecule has 1 N–H and O–H groups in total. The first-order valence-electron chi connectivity index (χ1n) is 10.8. The van der Waals surface area contributed by atoms with Crippen molar-refractivity contribution in [2.45, 2.75) is 44.1 Å². The van der Waals surface area contributed by atoms with Crippen LogP contribution in [0.1, 0.15) is 47.7 Å². The molecule has 0 radical (unpaired) electrons. The summed E-state index contributed by atoms with van der Waals surface area (Å²) in [5, 5.41) is 3.41. The molecular formula is C25H28FNO5. The summed E-state index contributed by atoms with van der Waals surface area (Å²) in [5.41, 5.74) is 1.76. The van der Waals surface area contributed by atoms with Crippen LogP contribution in [-0.2, 0) is 19.8 Å². The van der Waals surface area contributed by atoms with Crippen molar-refractivity contribution in [3.8, 4) is 5.75 Å². The maximum atomic E-state index is 14.5. The number of carbonyl (C=O) groups is 1. The molecule has 1 saturated heterocycles. The second-order valence-corrected chi connectivity index (χ2v) is 8.02. The van der Waals surface area contributed by atoms with E-state index in [2.05, 4.69) is 18.3 Å². The average Bonchev–Trinajstić information content (AvgIpc) is 2.82. The molecular weight excluding hydrogens is 413 g/mol. The highest BCUT2D eigenvalue weighted by molar-refractivity contribution is 5.93. The van der Waals surface area contributed by atoms with E-state index in [1.165, 1.54) is 26.4 Å². The molecule has 4 rings (SSSR count). The Morgan fingerprint density at radius 1 is 1.25 bits per heavy atom. The number of hydrogen-bond acceptors (Lipinski definition) is 6. The number of nitrogens with one attached hydrogen (secondary N) is 1. The Morgan fingerprint density at radius 3 is 2.84 bits per heavy atom. The number of anilines is 1.